The lowest BCUT2D eigenvalue weighted by atomic mass is 10.1. The Hall–Kier alpha value is -1.67. The molecular weight excluding hydrogens is 186 g/mol. The standard InChI is InChI=1S/C13H13NO/c15-9-2-1-4-11-6-7-13-12(10-11)5-3-8-14-13/h1,3-8,10,15H,2,9H2. The second kappa shape index (κ2) is 4.71. The van der Waals surface area contributed by atoms with Gasteiger partial charge in [-0.1, -0.05) is 24.3 Å². The maximum atomic E-state index is 8.65. The molecule has 2 nitrogen and oxygen atoms in total. The highest BCUT2D eigenvalue weighted by atomic mass is 16.2. The Bertz CT molecular complexity index is 477. The minimum atomic E-state index is 0.200. The van der Waals surface area contributed by atoms with Gasteiger partial charge < -0.3 is 5.11 Å². The highest BCUT2D eigenvalue weighted by molar-refractivity contribution is 5.80. The Morgan fingerprint density at radius 1 is 1.27 bits per heavy atom. The first-order chi connectivity index (χ1) is 7.40. The molecule has 1 heterocycles. The highest BCUT2D eigenvalue weighted by Crippen LogP contribution is 2.14. The van der Waals surface area contributed by atoms with Crippen LogP contribution in [0.15, 0.2) is 42.6 Å². The Morgan fingerprint density at radius 3 is 3.07 bits per heavy atom. The largest absolute Gasteiger partial charge is 0.396 e. The summed E-state index contributed by atoms with van der Waals surface area (Å²) in [4.78, 5) is 4.25. The van der Waals surface area contributed by atoms with Gasteiger partial charge in [0.2, 0.25) is 0 Å². The SMILES string of the molecule is OCCC=Cc1ccc2ncccc2c1. The van der Waals surface area contributed by atoms with Gasteiger partial charge in [-0.2, -0.15) is 0 Å². The predicted octanol–water partition coefficient (Wildman–Crippen LogP) is 2.63. The third-order valence-electron chi connectivity index (χ3n) is 2.23. The van der Waals surface area contributed by atoms with E-state index >= 15 is 0 Å². The van der Waals surface area contributed by atoms with E-state index in [4.69, 9.17) is 5.11 Å². The fourth-order valence-electron chi connectivity index (χ4n) is 1.49. The van der Waals surface area contributed by atoms with Crippen molar-refractivity contribution >= 4 is 17.0 Å². The van der Waals surface area contributed by atoms with Crippen molar-refractivity contribution in [3.05, 3.63) is 48.2 Å². The quantitative estimate of drug-likeness (QED) is 0.824. The third-order valence-corrected chi connectivity index (χ3v) is 2.23. The average Bonchev–Trinajstić information content (AvgIpc) is 2.29. The summed E-state index contributed by atoms with van der Waals surface area (Å²) < 4.78 is 0. The monoisotopic (exact) mass is 199 g/mol. The number of hydrogen-bond donors (Lipinski definition) is 1. The van der Waals surface area contributed by atoms with Crippen LogP contribution >= 0.6 is 0 Å². The van der Waals surface area contributed by atoms with Gasteiger partial charge >= 0.3 is 0 Å². The second-order valence-electron chi connectivity index (χ2n) is 3.37. The first-order valence-corrected chi connectivity index (χ1v) is 5.02. The Balaban J connectivity index is 2.30. The fraction of sp³-hybridized carbons (Fsp3) is 0.154. The van der Waals surface area contributed by atoms with Crippen molar-refractivity contribution in [3.8, 4) is 0 Å². The van der Waals surface area contributed by atoms with Crippen LogP contribution in [0.5, 0.6) is 0 Å². The second-order valence-corrected chi connectivity index (χ2v) is 3.37. The molecule has 15 heavy (non-hydrogen) atoms. The minimum Gasteiger partial charge on any atom is -0.396 e. The van der Waals surface area contributed by atoms with Crippen molar-refractivity contribution < 1.29 is 5.11 Å². The molecule has 1 aromatic heterocycles. The van der Waals surface area contributed by atoms with Crippen LogP contribution in [0.4, 0.5) is 0 Å². The summed E-state index contributed by atoms with van der Waals surface area (Å²) in [5.41, 5.74) is 2.15. The summed E-state index contributed by atoms with van der Waals surface area (Å²) >= 11 is 0. The van der Waals surface area contributed by atoms with Crippen molar-refractivity contribution in [3.63, 3.8) is 0 Å². The summed E-state index contributed by atoms with van der Waals surface area (Å²) in [7, 11) is 0. The Morgan fingerprint density at radius 2 is 2.20 bits per heavy atom. The molecule has 0 atom stereocenters. The molecule has 2 rings (SSSR count). The maximum Gasteiger partial charge on any atom is 0.0702 e. The average molecular weight is 199 g/mol. The van der Waals surface area contributed by atoms with E-state index in [1.807, 2.05) is 36.4 Å². The van der Waals surface area contributed by atoms with Crippen LogP contribution < -0.4 is 0 Å². The van der Waals surface area contributed by atoms with E-state index < -0.39 is 0 Å². The molecule has 0 saturated carbocycles. The summed E-state index contributed by atoms with van der Waals surface area (Å²) in [6, 6.07) is 10.1. The molecule has 2 aromatic rings. The van der Waals surface area contributed by atoms with Gasteiger partial charge in [-0.15, -0.1) is 0 Å². The van der Waals surface area contributed by atoms with Gasteiger partial charge in [0.05, 0.1) is 5.52 Å². The molecule has 0 spiro atoms. The van der Waals surface area contributed by atoms with Crippen molar-refractivity contribution in [2.75, 3.05) is 6.61 Å². The summed E-state index contributed by atoms with van der Waals surface area (Å²) in [6.45, 7) is 0.200. The summed E-state index contributed by atoms with van der Waals surface area (Å²) in [6.07, 6.45) is 6.48. The first kappa shape index (κ1) is 9.87. The number of nitrogens with zero attached hydrogens (tertiary/aromatic N) is 1. The Kier molecular flexibility index (Phi) is 3.10. The van der Waals surface area contributed by atoms with E-state index in [-0.39, 0.29) is 6.61 Å². The van der Waals surface area contributed by atoms with Gasteiger partial charge in [-0.25, -0.2) is 0 Å². The molecule has 0 radical (unpaired) electrons. The lowest BCUT2D eigenvalue weighted by Gasteiger charge is -1.98. The molecule has 0 saturated heterocycles. The van der Waals surface area contributed by atoms with Gasteiger partial charge in [-0.05, 0) is 30.2 Å². The zero-order valence-electron chi connectivity index (χ0n) is 8.43. The van der Waals surface area contributed by atoms with Crippen LogP contribution in [0.25, 0.3) is 17.0 Å². The molecule has 1 N–H and O–H groups in total. The predicted molar refractivity (Wildman–Crippen MR) is 62.5 cm³/mol. The number of benzene rings is 1. The van der Waals surface area contributed by atoms with Crippen molar-refractivity contribution in [1.82, 2.24) is 4.98 Å². The zero-order chi connectivity index (χ0) is 10.5. The number of hydrogen-bond acceptors (Lipinski definition) is 2. The topological polar surface area (TPSA) is 33.1 Å². The van der Waals surface area contributed by atoms with E-state index in [0.29, 0.717) is 6.42 Å². The fourth-order valence-corrected chi connectivity index (χ4v) is 1.49. The molecule has 0 fully saturated rings. The molecule has 0 amide bonds. The molecule has 0 aliphatic carbocycles. The van der Waals surface area contributed by atoms with Crippen LogP contribution in [0, 0.1) is 0 Å². The number of aliphatic hydroxyl groups is 1. The van der Waals surface area contributed by atoms with Crippen molar-refractivity contribution in [2.45, 2.75) is 6.42 Å². The number of pyridine rings is 1. The maximum absolute atomic E-state index is 8.65. The van der Waals surface area contributed by atoms with Crippen LogP contribution in [0.1, 0.15) is 12.0 Å². The van der Waals surface area contributed by atoms with Crippen molar-refractivity contribution in [1.29, 1.82) is 0 Å². The lowest BCUT2D eigenvalue weighted by molar-refractivity contribution is 0.303. The molecule has 0 unspecified atom stereocenters. The summed E-state index contributed by atoms with van der Waals surface area (Å²) in [5.74, 6) is 0. The number of rotatable bonds is 3. The smallest absolute Gasteiger partial charge is 0.0702 e. The molecule has 2 heteroatoms. The normalized spacial score (nSPS) is 11.3. The number of aromatic nitrogens is 1. The molecule has 0 aliphatic rings. The molecule has 0 bridgehead atoms. The lowest BCUT2D eigenvalue weighted by Crippen LogP contribution is -1.79. The van der Waals surface area contributed by atoms with E-state index in [0.717, 1.165) is 16.5 Å². The molecule has 0 aliphatic heterocycles. The zero-order valence-corrected chi connectivity index (χ0v) is 8.43. The van der Waals surface area contributed by atoms with E-state index in [1.54, 1.807) is 6.20 Å². The molecular formula is C13H13NO. The van der Waals surface area contributed by atoms with Gasteiger partial charge in [0.15, 0.2) is 0 Å². The first-order valence-electron chi connectivity index (χ1n) is 5.02. The minimum absolute atomic E-state index is 0.200. The Labute approximate surface area is 88.9 Å². The van der Waals surface area contributed by atoms with Crippen LogP contribution in [-0.4, -0.2) is 16.7 Å². The van der Waals surface area contributed by atoms with E-state index in [1.165, 1.54) is 0 Å². The third kappa shape index (κ3) is 2.42. The van der Waals surface area contributed by atoms with Crippen molar-refractivity contribution in [2.24, 2.45) is 0 Å². The number of fused-ring (bicyclic) bond motifs is 1. The van der Waals surface area contributed by atoms with E-state index in [9.17, 15) is 0 Å². The van der Waals surface area contributed by atoms with Gasteiger partial charge in [-0.3, -0.25) is 4.98 Å². The van der Waals surface area contributed by atoms with Gasteiger partial charge in [0.25, 0.3) is 0 Å². The summed E-state index contributed by atoms with van der Waals surface area (Å²) in [5, 5.41) is 9.80. The highest BCUT2D eigenvalue weighted by Gasteiger charge is 1.93. The number of aliphatic hydroxyl groups excluding tert-OH is 1. The van der Waals surface area contributed by atoms with Crippen LogP contribution in [-0.2, 0) is 0 Å². The molecule has 76 valence electrons. The van der Waals surface area contributed by atoms with Gasteiger partial charge in [0, 0.05) is 18.2 Å². The van der Waals surface area contributed by atoms with Crippen LogP contribution in [0.3, 0.4) is 0 Å². The van der Waals surface area contributed by atoms with Gasteiger partial charge in [0.1, 0.15) is 0 Å². The van der Waals surface area contributed by atoms with E-state index in [2.05, 4.69) is 11.1 Å². The molecule has 1 aromatic carbocycles. The van der Waals surface area contributed by atoms with Crippen LogP contribution in [0.2, 0.25) is 0 Å².